The van der Waals surface area contributed by atoms with Gasteiger partial charge in [-0.25, -0.2) is 9.67 Å². The van der Waals surface area contributed by atoms with Crippen LogP contribution < -0.4 is 21.1 Å². The van der Waals surface area contributed by atoms with Crippen LogP contribution in [0.5, 0.6) is 0 Å². The number of carbonyl (C=O) groups is 5. The van der Waals surface area contributed by atoms with Crippen LogP contribution in [-0.4, -0.2) is 68.3 Å². The monoisotopic (exact) mass is 686 g/mol. The average molecular weight is 687 g/mol. The van der Waals surface area contributed by atoms with E-state index in [9.17, 15) is 41.9 Å². The van der Waals surface area contributed by atoms with E-state index in [1.807, 2.05) is 4.90 Å². The van der Waals surface area contributed by atoms with Gasteiger partial charge in [-0.1, -0.05) is 11.8 Å². The Kier molecular flexibility index (Phi) is 8.23. The predicted octanol–water partition coefficient (Wildman–Crippen LogP) is 1.79. The van der Waals surface area contributed by atoms with E-state index in [4.69, 9.17) is 5.26 Å². The fraction of sp³-hybridized carbons (Fsp3) is 0.303. The number of piperidine rings is 1. The Balaban J connectivity index is 1.13. The maximum atomic E-state index is 13.4. The summed E-state index contributed by atoms with van der Waals surface area (Å²) in [7, 11) is 0. The first-order valence-corrected chi connectivity index (χ1v) is 15.1. The van der Waals surface area contributed by atoms with Gasteiger partial charge in [0.25, 0.3) is 23.3 Å². The maximum absolute atomic E-state index is 13.4. The number of nitrogens with zero attached hydrogens (tertiary/aromatic N) is 6. The predicted molar refractivity (Wildman–Crippen MR) is 166 cm³/mol. The lowest BCUT2D eigenvalue weighted by atomic mass is 9.98. The molecule has 1 atom stereocenters. The molecule has 5 heterocycles. The molecule has 3 aliphatic rings. The van der Waals surface area contributed by atoms with Crippen molar-refractivity contribution in [3.05, 3.63) is 81.0 Å². The van der Waals surface area contributed by atoms with Gasteiger partial charge in [0.1, 0.15) is 17.6 Å². The lowest BCUT2D eigenvalue weighted by Crippen LogP contribution is -2.54. The van der Waals surface area contributed by atoms with Crippen LogP contribution in [0.1, 0.15) is 64.2 Å². The van der Waals surface area contributed by atoms with Crippen molar-refractivity contribution in [2.75, 3.05) is 23.3 Å². The van der Waals surface area contributed by atoms with E-state index in [1.54, 1.807) is 12.1 Å². The van der Waals surface area contributed by atoms with Crippen LogP contribution >= 0.6 is 0 Å². The number of aromatic nitrogens is 3. The number of fused-ring (bicyclic) bond motifs is 1. The normalized spacial score (nSPS) is 17.7. The van der Waals surface area contributed by atoms with Crippen molar-refractivity contribution >= 4 is 40.9 Å². The van der Waals surface area contributed by atoms with Gasteiger partial charge in [0.05, 0.1) is 40.1 Å². The third-order valence-corrected chi connectivity index (χ3v) is 8.57. The number of imide groups is 2. The Labute approximate surface area is 280 Å². The molecule has 0 saturated carbocycles. The first-order chi connectivity index (χ1) is 23.6. The second kappa shape index (κ2) is 12.3. The number of rotatable bonds is 5. The standard InChI is InChI=1S/C33H25F3N8O6/c1-32(2,31(50)40-19-11-23(33(34,35)36)24(13-37)38-14-19)44-28(47)18(9-10-39-44)4-3-17-15-42(16-17)20-5-6-21-22(12-20)30(49)43(29(21)48)25-7-8-26(45)41-27(25)46/h5-6,9-12,14,17,25H,7-8,15-16H2,1-2H3,(H,40,50)(H,41,45,46). The summed E-state index contributed by atoms with van der Waals surface area (Å²) in [5.41, 5.74) is -3.95. The number of nitrogens with one attached hydrogen (secondary N) is 2. The molecule has 0 bridgehead atoms. The zero-order valence-corrected chi connectivity index (χ0v) is 26.3. The molecule has 2 saturated heterocycles. The summed E-state index contributed by atoms with van der Waals surface area (Å²) in [6, 6.07) is 6.99. The number of nitriles is 1. The van der Waals surface area contributed by atoms with Gasteiger partial charge in [0, 0.05) is 31.4 Å². The average Bonchev–Trinajstić information content (AvgIpc) is 3.28. The molecule has 5 amide bonds. The quantitative estimate of drug-likeness (QED) is 0.296. The van der Waals surface area contributed by atoms with E-state index in [-0.39, 0.29) is 41.1 Å². The van der Waals surface area contributed by atoms with Gasteiger partial charge in [-0.3, -0.25) is 39.0 Å². The van der Waals surface area contributed by atoms with E-state index in [1.165, 1.54) is 38.2 Å². The Hall–Kier alpha value is -6.36. The first kappa shape index (κ1) is 33.5. The highest BCUT2D eigenvalue weighted by Gasteiger charge is 2.45. The summed E-state index contributed by atoms with van der Waals surface area (Å²) in [5, 5.41) is 17.4. The van der Waals surface area contributed by atoms with Gasteiger partial charge in [-0.15, -0.1) is 0 Å². The molecular formula is C33H25F3N8O6. The number of alkyl halides is 3. The Bertz CT molecular complexity index is 2170. The molecule has 50 heavy (non-hydrogen) atoms. The van der Waals surface area contributed by atoms with Crippen molar-refractivity contribution in [2.24, 2.45) is 5.92 Å². The van der Waals surface area contributed by atoms with Crippen molar-refractivity contribution in [2.45, 2.75) is 44.4 Å². The summed E-state index contributed by atoms with van der Waals surface area (Å²) in [6.45, 7) is 3.55. The van der Waals surface area contributed by atoms with Crippen molar-refractivity contribution in [1.29, 1.82) is 5.26 Å². The third-order valence-electron chi connectivity index (χ3n) is 8.57. The molecular weight excluding hydrogens is 661 g/mol. The fourth-order valence-corrected chi connectivity index (χ4v) is 5.74. The van der Waals surface area contributed by atoms with E-state index < -0.39 is 64.1 Å². The molecule has 3 aromatic rings. The van der Waals surface area contributed by atoms with Crippen LogP contribution in [-0.2, 0) is 26.1 Å². The molecule has 254 valence electrons. The summed E-state index contributed by atoms with van der Waals surface area (Å²) in [4.78, 5) is 82.7. The van der Waals surface area contributed by atoms with Crippen LogP contribution in [0, 0.1) is 29.1 Å². The number of pyridine rings is 1. The molecule has 14 nitrogen and oxygen atoms in total. The number of hydrogen-bond donors (Lipinski definition) is 2. The molecule has 0 radical (unpaired) electrons. The van der Waals surface area contributed by atoms with Gasteiger partial charge in [-0.05, 0) is 50.6 Å². The number of benzene rings is 1. The molecule has 17 heteroatoms. The van der Waals surface area contributed by atoms with Crippen molar-refractivity contribution in [3.8, 4) is 17.9 Å². The van der Waals surface area contributed by atoms with E-state index in [2.05, 4.69) is 32.6 Å². The van der Waals surface area contributed by atoms with Crippen LogP contribution in [0.2, 0.25) is 0 Å². The number of halogens is 3. The molecule has 0 spiro atoms. The zero-order valence-electron chi connectivity index (χ0n) is 26.3. The van der Waals surface area contributed by atoms with Crippen molar-refractivity contribution in [3.63, 3.8) is 0 Å². The van der Waals surface area contributed by atoms with Crippen LogP contribution in [0.25, 0.3) is 0 Å². The van der Waals surface area contributed by atoms with Gasteiger partial charge >= 0.3 is 6.18 Å². The van der Waals surface area contributed by atoms with Crippen molar-refractivity contribution < 1.29 is 37.1 Å². The largest absolute Gasteiger partial charge is 0.419 e. The maximum Gasteiger partial charge on any atom is 0.419 e. The summed E-state index contributed by atoms with van der Waals surface area (Å²) in [6.07, 6.45) is -2.67. The van der Waals surface area contributed by atoms with Gasteiger partial charge in [0.2, 0.25) is 11.8 Å². The minimum Gasteiger partial charge on any atom is -0.369 e. The Morgan fingerprint density at radius 1 is 1.04 bits per heavy atom. The second-order valence-electron chi connectivity index (χ2n) is 12.3. The minimum atomic E-state index is -4.89. The van der Waals surface area contributed by atoms with E-state index in [0.717, 1.165) is 15.8 Å². The highest BCUT2D eigenvalue weighted by molar-refractivity contribution is 6.23. The summed E-state index contributed by atoms with van der Waals surface area (Å²) in [5.74, 6) is 2.37. The molecule has 1 unspecified atom stereocenters. The molecule has 2 N–H and O–H groups in total. The molecule has 3 aliphatic heterocycles. The molecule has 2 fully saturated rings. The molecule has 1 aromatic carbocycles. The molecule has 2 aromatic heterocycles. The highest BCUT2D eigenvalue weighted by atomic mass is 19.4. The number of anilines is 2. The van der Waals surface area contributed by atoms with Gasteiger partial charge in [0.15, 0.2) is 5.69 Å². The lowest BCUT2D eigenvalue weighted by Gasteiger charge is -2.38. The minimum absolute atomic E-state index is 0.0124. The topological polar surface area (TPSA) is 187 Å². The lowest BCUT2D eigenvalue weighted by molar-refractivity contribution is -0.138. The second-order valence-corrected chi connectivity index (χ2v) is 12.3. The van der Waals surface area contributed by atoms with E-state index >= 15 is 0 Å². The third kappa shape index (κ3) is 5.94. The first-order valence-electron chi connectivity index (χ1n) is 15.1. The Morgan fingerprint density at radius 3 is 2.44 bits per heavy atom. The van der Waals surface area contributed by atoms with Gasteiger partial charge < -0.3 is 10.2 Å². The number of amides is 5. The van der Waals surface area contributed by atoms with E-state index in [0.29, 0.717) is 24.8 Å². The zero-order chi connectivity index (χ0) is 36.1. The summed E-state index contributed by atoms with van der Waals surface area (Å²) >= 11 is 0. The fourth-order valence-electron chi connectivity index (χ4n) is 5.74. The SMILES string of the molecule is CC(C)(C(=O)Nc1cnc(C#N)c(C(F)(F)F)c1)n1nccc(C#CC2CN(c3ccc4c(c3)C(=O)N(C3CCC(=O)NC3=O)C4=O)C2)c1=O. The molecule has 6 rings (SSSR count). The van der Waals surface area contributed by atoms with Crippen LogP contribution in [0.3, 0.4) is 0 Å². The smallest absolute Gasteiger partial charge is 0.369 e. The summed E-state index contributed by atoms with van der Waals surface area (Å²) < 4.78 is 41.0. The molecule has 0 aliphatic carbocycles. The number of hydrogen-bond acceptors (Lipinski definition) is 10. The van der Waals surface area contributed by atoms with Gasteiger partial charge in [-0.2, -0.15) is 23.5 Å². The number of carbonyl (C=O) groups excluding carboxylic acids is 5. The Morgan fingerprint density at radius 2 is 1.76 bits per heavy atom. The van der Waals surface area contributed by atoms with Crippen LogP contribution in [0.4, 0.5) is 24.5 Å². The highest BCUT2D eigenvalue weighted by Crippen LogP contribution is 2.34. The van der Waals surface area contributed by atoms with Crippen molar-refractivity contribution in [1.82, 2.24) is 25.0 Å². The van der Waals surface area contributed by atoms with Crippen LogP contribution in [0.15, 0.2) is 47.5 Å².